The van der Waals surface area contributed by atoms with Gasteiger partial charge in [-0.05, 0) is 36.9 Å². The fourth-order valence-corrected chi connectivity index (χ4v) is 3.89. The van der Waals surface area contributed by atoms with Gasteiger partial charge < -0.3 is 20.1 Å². The molecule has 0 spiro atoms. The molecule has 0 aliphatic heterocycles. The number of rotatable bonds is 11. The van der Waals surface area contributed by atoms with Crippen molar-refractivity contribution in [3.63, 3.8) is 0 Å². The van der Waals surface area contributed by atoms with Gasteiger partial charge in [0.1, 0.15) is 23.0 Å². The van der Waals surface area contributed by atoms with Gasteiger partial charge in [-0.15, -0.1) is 0 Å². The van der Waals surface area contributed by atoms with Crippen LogP contribution in [-0.2, 0) is 6.54 Å². The minimum absolute atomic E-state index is 0.271. The number of ether oxygens (including phenoxy) is 2. The van der Waals surface area contributed by atoms with Crippen LogP contribution < -0.4 is 20.1 Å². The van der Waals surface area contributed by atoms with Gasteiger partial charge >= 0.3 is 0 Å². The fraction of sp³-hybridized carbons (Fsp3) is 0.348. The van der Waals surface area contributed by atoms with Crippen LogP contribution in [0.4, 0.5) is 5.82 Å². The highest BCUT2D eigenvalue weighted by molar-refractivity contribution is 7.98. The van der Waals surface area contributed by atoms with E-state index in [9.17, 15) is 4.79 Å². The number of nitrogens with one attached hydrogen (secondary N) is 3. The molecule has 0 aliphatic carbocycles. The number of aromatic nitrogens is 6. The summed E-state index contributed by atoms with van der Waals surface area (Å²) in [5.74, 6) is 1.80. The number of hydrogen-bond acceptors (Lipinski definition) is 9. The van der Waals surface area contributed by atoms with E-state index in [0.717, 1.165) is 35.4 Å². The number of fused-ring (bicyclic) bond motifs is 1. The second kappa shape index (κ2) is 11.1. The molecule has 0 aliphatic rings. The second-order valence-electron chi connectivity index (χ2n) is 7.58. The van der Waals surface area contributed by atoms with Crippen molar-refractivity contribution in [1.82, 2.24) is 35.3 Å². The third kappa shape index (κ3) is 5.32. The van der Waals surface area contributed by atoms with Crippen LogP contribution in [0.1, 0.15) is 23.8 Å². The maximum absolute atomic E-state index is 12.7. The number of nitrogens with zero attached hydrogens (tertiary/aromatic N) is 5. The molecule has 0 bridgehead atoms. The zero-order valence-electron chi connectivity index (χ0n) is 20.1. The predicted octanol–water partition coefficient (Wildman–Crippen LogP) is 3.21. The Balaban J connectivity index is 1.45. The molecule has 0 atom stereocenters. The molecule has 4 aromatic rings. The Labute approximate surface area is 207 Å². The van der Waals surface area contributed by atoms with Gasteiger partial charge in [-0.2, -0.15) is 10.2 Å². The first-order chi connectivity index (χ1) is 17.1. The molecule has 0 saturated carbocycles. The van der Waals surface area contributed by atoms with Gasteiger partial charge in [-0.1, -0.05) is 18.7 Å². The average Bonchev–Trinajstić information content (AvgIpc) is 3.54. The van der Waals surface area contributed by atoms with E-state index in [-0.39, 0.29) is 5.91 Å². The lowest BCUT2D eigenvalue weighted by molar-refractivity contribution is 0.0947. The Kier molecular flexibility index (Phi) is 7.70. The largest absolute Gasteiger partial charge is 0.497 e. The number of anilines is 1. The molecular weight excluding hydrogens is 468 g/mol. The number of benzene rings is 1. The van der Waals surface area contributed by atoms with Crippen molar-refractivity contribution in [2.75, 3.05) is 38.9 Å². The third-order valence-electron chi connectivity index (χ3n) is 5.31. The van der Waals surface area contributed by atoms with Crippen LogP contribution in [0.5, 0.6) is 11.5 Å². The second-order valence-corrected chi connectivity index (χ2v) is 8.35. The number of carbonyl (C=O) groups excluding carboxylic acids is 1. The van der Waals surface area contributed by atoms with Crippen LogP contribution >= 0.6 is 11.8 Å². The smallest absolute Gasteiger partial charge is 0.269 e. The molecule has 0 unspecified atom stereocenters. The Morgan fingerprint density at radius 2 is 2.03 bits per heavy atom. The Morgan fingerprint density at radius 3 is 2.77 bits per heavy atom. The molecule has 0 fully saturated rings. The minimum Gasteiger partial charge on any atom is -0.497 e. The van der Waals surface area contributed by atoms with Crippen LogP contribution in [-0.4, -0.2) is 69.4 Å². The summed E-state index contributed by atoms with van der Waals surface area (Å²) in [5.41, 5.74) is 2.37. The lowest BCUT2D eigenvalue weighted by Gasteiger charge is -2.08. The first kappa shape index (κ1) is 24.3. The SMILES string of the molecule is CCCNc1nc(SC)nc2c1cnn2CCNC(=O)c1cc(-c2cc(OC)ccc2OC)n[nH]1. The number of amides is 1. The molecule has 0 saturated heterocycles. The molecular formula is C23H28N8O3S. The van der Waals surface area contributed by atoms with E-state index < -0.39 is 0 Å². The number of H-pyrrole nitrogens is 1. The van der Waals surface area contributed by atoms with E-state index in [2.05, 4.69) is 42.8 Å². The van der Waals surface area contributed by atoms with Crippen LogP contribution in [0.2, 0.25) is 0 Å². The van der Waals surface area contributed by atoms with Gasteiger partial charge in [0.15, 0.2) is 10.8 Å². The number of thioether (sulfide) groups is 1. The highest BCUT2D eigenvalue weighted by Crippen LogP contribution is 2.32. The van der Waals surface area contributed by atoms with Crippen LogP contribution in [0.3, 0.4) is 0 Å². The predicted molar refractivity (Wildman–Crippen MR) is 135 cm³/mol. The highest BCUT2D eigenvalue weighted by atomic mass is 32.2. The third-order valence-corrected chi connectivity index (χ3v) is 5.86. The minimum atomic E-state index is -0.271. The number of hydrogen-bond donors (Lipinski definition) is 3. The van der Waals surface area contributed by atoms with Crippen molar-refractivity contribution >= 4 is 34.5 Å². The molecule has 12 heteroatoms. The summed E-state index contributed by atoms with van der Waals surface area (Å²) in [5, 5.41) is 19.3. The Morgan fingerprint density at radius 1 is 1.17 bits per heavy atom. The van der Waals surface area contributed by atoms with Crippen LogP contribution in [0.25, 0.3) is 22.3 Å². The van der Waals surface area contributed by atoms with Gasteiger partial charge in [0.05, 0.1) is 38.0 Å². The molecule has 3 heterocycles. The zero-order chi connectivity index (χ0) is 24.8. The summed E-state index contributed by atoms with van der Waals surface area (Å²) in [6, 6.07) is 7.09. The van der Waals surface area contributed by atoms with Gasteiger partial charge in [0.2, 0.25) is 0 Å². The van der Waals surface area contributed by atoms with E-state index >= 15 is 0 Å². The van der Waals surface area contributed by atoms with Crippen LogP contribution in [0.15, 0.2) is 35.6 Å². The average molecular weight is 497 g/mol. The van der Waals surface area contributed by atoms with Crippen LogP contribution in [0, 0.1) is 0 Å². The maximum Gasteiger partial charge on any atom is 0.269 e. The number of methoxy groups -OCH3 is 2. The fourth-order valence-electron chi connectivity index (χ4n) is 3.53. The molecule has 3 aromatic heterocycles. The monoisotopic (exact) mass is 496 g/mol. The summed E-state index contributed by atoms with van der Waals surface area (Å²) in [7, 11) is 3.18. The summed E-state index contributed by atoms with van der Waals surface area (Å²) < 4.78 is 12.5. The number of aromatic amines is 1. The molecule has 1 aromatic carbocycles. The van der Waals surface area contributed by atoms with E-state index in [1.165, 1.54) is 11.8 Å². The van der Waals surface area contributed by atoms with Crippen molar-refractivity contribution in [2.45, 2.75) is 25.0 Å². The van der Waals surface area contributed by atoms with E-state index in [4.69, 9.17) is 9.47 Å². The van der Waals surface area contributed by atoms with Crippen molar-refractivity contribution in [3.05, 3.63) is 36.2 Å². The number of carbonyl (C=O) groups is 1. The quantitative estimate of drug-likeness (QED) is 0.211. The molecule has 3 N–H and O–H groups in total. The molecule has 184 valence electrons. The molecule has 1 amide bonds. The maximum atomic E-state index is 12.7. The van der Waals surface area contributed by atoms with E-state index in [0.29, 0.717) is 41.1 Å². The normalized spacial score (nSPS) is 11.0. The van der Waals surface area contributed by atoms with Gasteiger partial charge in [-0.3, -0.25) is 9.89 Å². The Hall–Kier alpha value is -3.80. The first-order valence-electron chi connectivity index (χ1n) is 11.1. The van der Waals surface area contributed by atoms with Crippen molar-refractivity contribution < 1.29 is 14.3 Å². The summed E-state index contributed by atoms with van der Waals surface area (Å²) >= 11 is 1.47. The van der Waals surface area contributed by atoms with E-state index in [1.54, 1.807) is 43.3 Å². The van der Waals surface area contributed by atoms with Gasteiger partial charge in [-0.25, -0.2) is 14.6 Å². The zero-order valence-corrected chi connectivity index (χ0v) is 20.9. The summed E-state index contributed by atoms with van der Waals surface area (Å²) in [4.78, 5) is 21.9. The molecule has 4 rings (SSSR count). The highest BCUT2D eigenvalue weighted by Gasteiger charge is 2.16. The summed E-state index contributed by atoms with van der Waals surface area (Å²) in [6.07, 6.45) is 4.67. The lowest BCUT2D eigenvalue weighted by atomic mass is 10.1. The van der Waals surface area contributed by atoms with Crippen molar-refractivity contribution in [3.8, 4) is 22.8 Å². The van der Waals surface area contributed by atoms with Crippen molar-refractivity contribution in [1.29, 1.82) is 0 Å². The van der Waals surface area contributed by atoms with Gasteiger partial charge in [0, 0.05) is 18.7 Å². The molecule has 0 radical (unpaired) electrons. The topological polar surface area (TPSA) is 132 Å². The molecule has 11 nitrogen and oxygen atoms in total. The molecule has 35 heavy (non-hydrogen) atoms. The summed E-state index contributed by atoms with van der Waals surface area (Å²) in [6.45, 7) is 3.73. The van der Waals surface area contributed by atoms with Crippen molar-refractivity contribution in [2.24, 2.45) is 0 Å². The first-order valence-corrected chi connectivity index (χ1v) is 12.4. The van der Waals surface area contributed by atoms with Gasteiger partial charge in [0.25, 0.3) is 5.91 Å². The lowest BCUT2D eigenvalue weighted by Crippen LogP contribution is -2.27. The standard InChI is InChI=1S/C23H28N8O3S/c1-5-8-24-20-16-13-26-31(21(16)28-23(27-20)35-4)10-9-25-22(32)18-12-17(29-30-18)15-11-14(33-2)6-7-19(15)34-3/h6-7,11-13H,5,8-10H2,1-4H3,(H,25,32)(H,29,30)(H,24,27,28). The van der Waals surface area contributed by atoms with E-state index in [1.807, 2.05) is 12.3 Å². The Bertz CT molecular complexity index is 1320.